The first-order valence-corrected chi connectivity index (χ1v) is 10.6. The Morgan fingerprint density at radius 2 is 1.96 bits per heavy atom. The van der Waals surface area contributed by atoms with Gasteiger partial charge in [-0.15, -0.1) is 24.0 Å². The number of H-pyrrole nitrogens is 1. The lowest BCUT2D eigenvalue weighted by Gasteiger charge is -2.21. The zero-order chi connectivity index (χ0) is 19.7. The molecule has 0 saturated carbocycles. The molecule has 0 atom stereocenters. The SMILES string of the molecule is CCS(=O)(=O)NCCCNC(=NC)N(C)Cc1ncc(-c2ccccc2)[nH]1.I. The minimum atomic E-state index is -3.13. The molecule has 0 saturated heterocycles. The second-order valence-electron chi connectivity index (χ2n) is 6.09. The summed E-state index contributed by atoms with van der Waals surface area (Å²) in [5.41, 5.74) is 2.07. The Kier molecular flexibility index (Phi) is 10.5. The van der Waals surface area contributed by atoms with Gasteiger partial charge in [0, 0.05) is 27.2 Å². The first kappa shape index (κ1) is 24.4. The fraction of sp³-hybridized carbons (Fsp3) is 0.444. The van der Waals surface area contributed by atoms with Crippen molar-refractivity contribution in [3.8, 4) is 11.3 Å². The Morgan fingerprint density at radius 3 is 2.61 bits per heavy atom. The van der Waals surface area contributed by atoms with Crippen molar-refractivity contribution in [2.75, 3.05) is 32.9 Å². The van der Waals surface area contributed by atoms with Crippen molar-refractivity contribution >= 4 is 40.0 Å². The summed E-state index contributed by atoms with van der Waals surface area (Å²) in [6.07, 6.45) is 2.50. The molecule has 2 rings (SSSR count). The maximum Gasteiger partial charge on any atom is 0.211 e. The van der Waals surface area contributed by atoms with E-state index in [9.17, 15) is 8.42 Å². The van der Waals surface area contributed by atoms with Crippen LogP contribution in [-0.2, 0) is 16.6 Å². The molecule has 0 aliphatic heterocycles. The summed E-state index contributed by atoms with van der Waals surface area (Å²) in [4.78, 5) is 14.0. The third kappa shape index (κ3) is 7.76. The van der Waals surface area contributed by atoms with Crippen LogP contribution in [-0.4, -0.2) is 62.2 Å². The number of aliphatic imine (C=N–C) groups is 1. The zero-order valence-electron chi connectivity index (χ0n) is 16.5. The van der Waals surface area contributed by atoms with Crippen LogP contribution in [0.3, 0.4) is 0 Å². The quantitative estimate of drug-likeness (QED) is 0.203. The fourth-order valence-corrected chi connectivity index (χ4v) is 3.17. The summed E-state index contributed by atoms with van der Waals surface area (Å²) in [6.45, 7) is 3.23. The minimum absolute atomic E-state index is 0. The topological polar surface area (TPSA) is 102 Å². The summed E-state index contributed by atoms with van der Waals surface area (Å²) in [5.74, 6) is 1.67. The summed E-state index contributed by atoms with van der Waals surface area (Å²) >= 11 is 0. The van der Waals surface area contributed by atoms with E-state index in [-0.39, 0.29) is 29.7 Å². The molecule has 1 aromatic heterocycles. The smallest absolute Gasteiger partial charge is 0.211 e. The Bertz CT molecular complexity index is 839. The van der Waals surface area contributed by atoms with E-state index in [0.29, 0.717) is 26.1 Å². The molecular formula is C18H29IN6O2S. The molecule has 28 heavy (non-hydrogen) atoms. The van der Waals surface area contributed by atoms with Crippen molar-refractivity contribution in [2.24, 2.45) is 4.99 Å². The van der Waals surface area contributed by atoms with E-state index in [1.165, 1.54) is 0 Å². The molecule has 3 N–H and O–H groups in total. The van der Waals surface area contributed by atoms with Gasteiger partial charge in [-0.2, -0.15) is 0 Å². The van der Waals surface area contributed by atoms with Crippen molar-refractivity contribution in [3.63, 3.8) is 0 Å². The normalized spacial score (nSPS) is 11.8. The molecule has 1 heterocycles. The van der Waals surface area contributed by atoms with Crippen molar-refractivity contribution < 1.29 is 8.42 Å². The third-order valence-electron chi connectivity index (χ3n) is 4.01. The van der Waals surface area contributed by atoms with E-state index < -0.39 is 10.0 Å². The lowest BCUT2D eigenvalue weighted by atomic mass is 10.2. The molecule has 0 spiro atoms. The lowest BCUT2D eigenvalue weighted by molar-refractivity contribution is 0.463. The van der Waals surface area contributed by atoms with Gasteiger partial charge in [-0.1, -0.05) is 30.3 Å². The minimum Gasteiger partial charge on any atom is -0.356 e. The maximum absolute atomic E-state index is 11.4. The van der Waals surface area contributed by atoms with Crippen LogP contribution in [0.1, 0.15) is 19.2 Å². The highest BCUT2D eigenvalue weighted by molar-refractivity contribution is 14.0. The van der Waals surface area contributed by atoms with E-state index in [2.05, 4.69) is 25.0 Å². The van der Waals surface area contributed by atoms with Crippen LogP contribution in [0.2, 0.25) is 0 Å². The lowest BCUT2D eigenvalue weighted by Crippen LogP contribution is -2.40. The summed E-state index contributed by atoms with van der Waals surface area (Å²) < 4.78 is 25.3. The predicted molar refractivity (Wildman–Crippen MR) is 124 cm³/mol. The summed E-state index contributed by atoms with van der Waals surface area (Å²) in [7, 11) is 0.515. The molecule has 156 valence electrons. The van der Waals surface area contributed by atoms with Crippen molar-refractivity contribution in [1.29, 1.82) is 0 Å². The average Bonchev–Trinajstić information content (AvgIpc) is 3.13. The van der Waals surface area contributed by atoms with Gasteiger partial charge in [0.25, 0.3) is 0 Å². The van der Waals surface area contributed by atoms with Crippen LogP contribution < -0.4 is 10.0 Å². The molecule has 0 bridgehead atoms. The van der Waals surface area contributed by atoms with Crippen LogP contribution in [0.25, 0.3) is 11.3 Å². The number of rotatable bonds is 9. The highest BCUT2D eigenvalue weighted by Crippen LogP contribution is 2.16. The van der Waals surface area contributed by atoms with Crippen LogP contribution >= 0.6 is 24.0 Å². The van der Waals surface area contributed by atoms with E-state index in [0.717, 1.165) is 23.0 Å². The number of guanidine groups is 1. The monoisotopic (exact) mass is 520 g/mol. The van der Waals surface area contributed by atoms with Gasteiger partial charge in [0.2, 0.25) is 10.0 Å². The van der Waals surface area contributed by atoms with Gasteiger partial charge in [-0.3, -0.25) is 4.99 Å². The number of aromatic nitrogens is 2. The van der Waals surface area contributed by atoms with Crippen molar-refractivity contribution in [1.82, 2.24) is 24.9 Å². The standard InChI is InChI=1S/C18H28N6O2S.HI/c1-4-27(25,26)22-12-8-11-20-18(19-2)24(3)14-17-21-13-16(23-17)15-9-6-5-7-10-15;/h5-7,9-10,13,22H,4,8,11-12,14H2,1-3H3,(H,19,20)(H,21,23);1H. The molecule has 0 fully saturated rings. The zero-order valence-corrected chi connectivity index (χ0v) is 19.6. The van der Waals surface area contributed by atoms with Gasteiger partial charge in [0.05, 0.1) is 24.2 Å². The van der Waals surface area contributed by atoms with E-state index in [1.807, 2.05) is 48.5 Å². The second kappa shape index (κ2) is 12.0. The number of hydrogen-bond acceptors (Lipinski definition) is 4. The summed E-state index contributed by atoms with van der Waals surface area (Å²) in [5, 5.41) is 3.23. The highest BCUT2D eigenvalue weighted by atomic mass is 127. The van der Waals surface area contributed by atoms with Crippen LogP contribution in [0.5, 0.6) is 0 Å². The van der Waals surface area contributed by atoms with Crippen LogP contribution in [0, 0.1) is 0 Å². The molecule has 2 aromatic rings. The van der Waals surface area contributed by atoms with Gasteiger partial charge in [0.15, 0.2) is 5.96 Å². The molecule has 0 unspecified atom stereocenters. The van der Waals surface area contributed by atoms with Gasteiger partial charge >= 0.3 is 0 Å². The molecule has 0 radical (unpaired) electrons. The van der Waals surface area contributed by atoms with Gasteiger partial charge in [-0.25, -0.2) is 18.1 Å². The molecule has 0 aliphatic rings. The van der Waals surface area contributed by atoms with E-state index in [1.54, 1.807) is 14.0 Å². The van der Waals surface area contributed by atoms with Crippen LogP contribution in [0.15, 0.2) is 41.5 Å². The van der Waals surface area contributed by atoms with Gasteiger partial charge in [-0.05, 0) is 18.9 Å². The molecule has 0 aliphatic carbocycles. The van der Waals surface area contributed by atoms with Gasteiger partial charge < -0.3 is 15.2 Å². The van der Waals surface area contributed by atoms with E-state index >= 15 is 0 Å². The number of imidazole rings is 1. The Hall–Kier alpha value is -1.66. The Balaban J connectivity index is 0.00000392. The van der Waals surface area contributed by atoms with Crippen LogP contribution in [0.4, 0.5) is 0 Å². The first-order valence-electron chi connectivity index (χ1n) is 8.93. The second-order valence-corrected chi connectivity index (χ2v) is 8.19. The Labute approximate surface area is 184 Å². The average molecular weight is 520 g/mol. The number of halogens is 1. The number of benzene rings is 1. The first-order chi connectivity index (χ1) is 12.9. The van der Waals surface area contributed by atoms with Crippen molar-refractivity contribution in [2.45, 2.75) is 19.9 Å². The number of nitrogens with zero attached hydrogens (tertiary/aromatic N) is 3. The number of sulfonamides is 1. The number of nitrogens with one attached hydrogen (secondary N) is 3. The number of aromatic amines is 1. The molecule has 0 amide bonds. The predicted octanol–water partition coefficient (Wildman–Crippen LogP) is 2.03. The van der Waals surface area contributed by atoms with Crippen molar-refractivity contribution in [3.05, 3.63) is 42.4 Å². The fourth-order valence-electron chi connectivity index (χ4n) is 2.51. The maximum atomic E-state index is 11.4. The third-order valence-corrected chi connectivity index (χ3v) is 5.42. The van der Waals surface area contributed by atoms with E-state index in [4.69, 9.17) is 0 Å². The summed E-state index contributed by atoms with van der Waals surface area (Å²) in [6, 6.07) is 10.0. The largest absolute Gasteiger partial charge is 0.356 e. The Morgan fingerprint density at radius 1 is 1.25 bits per heavy atom. The molecule has 1 aromatic carbocycles. The molecule has 10 heteroatoms. The van der Waals surface area contributed by atoms with Gasteiger partial charge in [0.1, 0.15) is 5.82 Å². The molecular weight excluding hydrogens is 491 g/mol. The highest BCUT2D eigenvalue weighted by Gasteiger charge is 2.10. The number of hydrogen-bond donors (Lipinski definition) is 3. The molecule has 8 nitrogen and oxygen atoms in total.